The molecule has 2 N–H and O–H groups in total. The molecule has 2 heterocycles. The predicted octanol–water partition coefficient (Wildman–Crippen LogP) is 1.58. The Bertz CT molecular complexity index is 314. The second-order valence-electron chi connectivity index (χ2n) is 4.02. The van der Waals surface area contributed by atoms with Crippen LogP contribution in [0.3, 0.4) is 0 Å². The molecule has 0 bridgehead atoms. The second kappa shape index (κ2) is 4.57. The zero-order valence-corrected chi connectivity index (χ0v) is 8.69. The van der Waals surface area contributed by atoms with Crippen molar-refractivity contribution in [3.05, 3.63) is 24.2 Å². The van der Waals surface area contributed by atoms with Gasteiger partial charge in [0.25, 0.3) is 0 Å². The number of allylic oxidation sites excluding steroid dienone is 3. The van der Waals surface area contributed by atoms with Crippen LogP contribution in [-0.4, -0.2) is 29.9 Å². The lowest BCUT2D eigenvalue weighted by molar-refractivity contribution is 0.249. The summed E-state index contributed by atoms with van der Waals surface area (Å²) in [7, 11) is 0. The molecule has 3 nitrogen and oxygen atoms in total. The van der Waals surface area contributed by atoms with E-state index in [-0.39, 0.29) is 11.9 Å². The maximum absolute atomic E-state index is 13.1. The smallest absolute Gasteiger partial charge is 0.141 e. The Morgan fingerprint density at radius 1 is 1.47 bits per heavy atom. The van der Waals surface area contributed by atoms with Crippen LogP contribution >= 0.6 is 0 Å². The van der Waals surface area contributed by atoms with E-state index in [1.54, 1.807) is 0 Å². The second-order valence-corrected chi connectivity index (χ2v) is 4.02. The summed E-state index contributed by atoms with van der Waals surface area (Å²) in [6.07, 6.45) is 7.45. The monoisotopic (exact) mass is 209 g/mol. The third-order valence-electron chi connectivity index (χ3n) is 2.66. The highest BCUT2D eigenvalue weighted by molar-refractivity contribution is 5.83. The molecule has 0 atom stereocenters. The van der Waals surface area contributed by atoms with Gasteiger partial charge in [-0.25, -0.2) is 9.38 Å². The molecule has 82 valence electrons. The predicted molar refractivity (Wildman–Crippen MR) is 59.2 cm³/mol. The molecule has 1 fully saturated rings. The van der Waals surface area contributed by atoms with E-state index in [1.807, 2.05) is 6.08 Å². The van der Waals surface area contributed by atoms with Crippen molar-refractivity contribution in [2.75, 3.05) is 13.1 Å². The minimum atomic E-state index is -0.278. The highest BCUT2D eigenvalue weighted by Crippen LogP contribution is 2.14. The molecule has 1 saturated heterocycles. The molecule has 2 aliphatic rings. The van der Waals surface area contributed by atoms with Gasteiger partial charge in [0.2, 0.25) is 0 Å². The number of nitrogens with two attached hydrogens (primary N) is 1. The number of nitrogens with zero attached hydrogens (tertiary/aromatic N) is 2. The van der Waals surface area contributed by atoms with Crippen LogP contribution in [0.15, 0.2) is 29.2 Å². The minimum Gasteiger partial charge on any atom is -0.357 e. The largest absolute Gasteiger partial charge is 0.357 e. The maximum atomic E-state index is 13.1. The Balaban J connectivity index is 2.05. The highest BCUT2D eigenvalue weighted by Gasteiger charge is 2.25. The van der Waals surface area contributed by atoms with E-state index in [2.05, 4.69) is 9.89 Å². The molecule has 0 aromatic rings. The lowest BCUT2D eigenvalue weighted by Gasteiger charge is -2.39. The molecular formula is C11H16FN3. The molecule has 0 radical (unpaired) electrons. The van der Waals surface area contributed by atoms with Crippen LogP contribution in [-0.2, 0) is 0 Å². The van der Waals surface area contributed by atoms with Crippen LogP contribution < -0.4 is 5.73 Å². The van der Waals surface area contributed by atoms with Gasteiger partial charge in [-0.3, -0.25) is 0 Å². The number of hydrogen-bond acceptors (Lipinski definition) is 3. The normalized spacial score (nSPS) is 29.1. The number of amidine groups is 1. The fourth-order valence-electron chi connectivity index (χ4n) is 1.78. The first-order valence-electron chi connectivity index (χ1n) is 5.35. The molecule has 0 amide bonds. The van der Waals surface area contributed by atoms with Crippen LogP contribution in [0.4, 0.5) is 4.39 Å². The molecule has 0 unspecified atom stereocenters. The van der Waals surface area contributed by atoms with Crippen molar-refractivity contribution in [2.24, 2.45) is 10.7 Å². The van der Waals surface area contributed by atoms with Crippen molar-refractivity contribution >= 4 is 5.84 Å². The Morgan fingerprint density at radius 2 is 2.27 bits per heavy atom. The van der Waals surface area contributed by atoms with E-state index in [0.717, 1.165) is 38.2 Å². The third kappa shape index (κ3) is 2.65. The van der Waals surface area contributed by atoms with Crippen molar-refractivity contribution in [3.63, 3.8) is 0 Å². The van der Waals surface area contributed by atoms with E-state index < -0.39 is 0 Å². The number of halogens is 1. The average molecular weight is 209 g/mol. The summed E-state index contributed by atoms with van der Waals surface area (Å²) < 4.78 is 13.1. The van der Waals surface area contributed by atoms with Gasteiger partial charge in [0.05, 0.1) is 6.20 Å². The standard InChI is InChI=1S/C11H16FN3/c12-9-4-2-1-3-5-11(14-6-9)15-7-10(13)8-15/h2,4,6,10H,1,3,5,7-8,13H2/b4-2-,9-6+,14-11?. The van der Waals surface area contributed by atoms with E-state index in [9.17, 15) is 4.39 Å². The summed E-state index contributed by atoms with van der Waals surface area (Å²) in [5.41, 5.74) is 5.71. The Hall–Kier alpha value is -1.16. The summed E-state index contributed by atoms with van der Waals surface area (Å²) in [5.74, 6) is 0.690. The van der Waals surface area contributed by atoms with Gasteiger partial charge in [0.15, 0.2) is 0 Å². The lowest BCUT2D eigenvalue weighted by Crippen LogP contribution is -2.57. The van der Waals surface area contributed by atoms with Crippen LogP contribution in [0, 0.1) is 0 Å². The van der Waals surface area contributed by atoms with Gasteiger partial charge in [-0.2, -0.15) is 0 Å². The van der Waals surface area contributed by atoms with E-state index >= 15 is 0 Å². The Labute approximate surface area is 89.2 Å². The number of hydrogen-bond donors (Lipinski definition) is 1. The third-order valence-corrected chi connectivity index (χ3v) is 2.66. The van der Waals surface area contributed by atoms with Gasteiger partial charge < -0.3 is 10.6 Å². The van der Waals surface area contributed by atoms with Crippen molar-refractivity contribution in [1.82, 2.24) is 4.90 Å². The zero-order chi connectivity index (χ0) is 10.7. The van der Waals surface area contributed by atoms with Gasteiger partial charge in [-0.1, -0.05) is 6.08 Å². The molecule has 0 aromatic heterocycles. The van der Waals surface area contributed by atoms with Crippen LogP contribution in [0.25, 0.3) is 0 Å². The van der Waals surface area contributed by atoms with Crippen LogP contribution in [0.5, 0.6) is 0 Å². The minimum absolute atomic E-state index is 0.257. The molecule has 0 aliphatic carbocycles. The quantitative estimate of drug-likeness (QED) is 0.658. The van der Waals surface area contributed by atoms with Crippen molar-refractivity contribution in [1.29, 1.82) is 0 Å². The van der Waals surface area contributed by atoms with E-state index in [0.29, 0.717) is 0 Å². The van der Waals surface area contributed by atoms with Gasteiger partial charge >= 0.3 is 0 Å². The fourth-order valence-corrected chi connectivity index (χ4v) is 1.78. The SMILES string of the molecule is NC1CN(C2=N/C=C(F)\C=C/CCC2)C1. The first kappa shape index (κ1) is 10.4. The summed E-state index contributed by atoms with van der Waals surface area (Å²) in [6, 6.07) is 0.257. The van der Waals surface area contributed by atoms with Crippen molar-refractivity contribution in [3.8, 4) is 0 Å². The van der Waals surface area contributed by atoms with Crippen molar-refractivity contribution in [2.45, 2.75) is 25.3 Å². The van der Waals surface area contributed by atoms with Gasteiger partial charge in [-0.05, 0) is 18.9 Å². The number of likely N-dealkylation sites (tertiary alicyclic amines) is 1. The average Bonchev–Trinajstić information content (AvgIpc) is 2.26. The molecule has 4 heteroatoms. The van der Waals surface area contributed by atoms with E-state index in [1.165, 1.54) is 12.3 Å². The summed E-state index contributed by atoms with van der Waals surface area (Å²) in [6.45, 7) is 1.70. The first-order chi connectivity index (χ1) is 7.25. The van der Waals surface area contributed by atoms with Crippen LogP contribution in [0.2, 0.25) is 0 Å². The molecule has 0 saturated carbocycles. The number of aliphatic imine (C=N–C) groups is 1. The topological polar surface area (TPSA) is 41.6 Å². The Kier molecular flexibility index (Phi) is 3.16. The summed E-state index contributed by atoms with van der Waals surface area (Å²) >= 11 is 0. The maximum Gasteiger partial charge on any atom is 0.141 e. The molecule has 2 aliphatic heterocycles. The molecular weight excluding hydrogens is 193 g/mol. The zero-order valence-electron chi connectivity index (χ0n) is 8.69. The van der Waals surface area contributed by atoms with E-state index in [4.69, 9.17) is 5.73 Å². The van der Waals surface area contributed by atoms with Crippen molar-refractivity contribution < 1.29 is 4.39 Å². The van der Waals surface area contributed by atoms with Crippen LogP contribution in [0.1, 0.15) is 19.3 Å². The fraction of sp³-hybridized carbons (Fsp3) is 0.545. The van der Waals surface area contributed by atoms with Gasteiger partial charge in [-0.15, -0.1) is 0 Å². The summed E-state index contributed by atoms with van der Waals surface area (Å²) in [5, 5.41) is 0. The highest BCUT2D eigenvalue weighted by atomic mass is 19.1. The lowest BCUT2D eigenvalue weighted by atomic mass is 10.1. The molecule has 0 aromatic carbocycles. The molecule has 15 heavy (non-hydrogen) atoms. The first-order valence-corrected chi connectivity index (χ1v) is 5.35. The molecule has 0 spiro atoms. The summed E-state index contributed by atoms with van der Waals surface area (Å²) in [4.78, 5) is 6.30. The Morgan fingerprint density at radius 3 is 3.00 bits per heavy atom. The number of rotatable bonds is 0. The van der Waals surface area contributed by atoms with Gasteiger partial charge in [0.1, 0.15) is 11.7 Å². The van der Waals surface area contributed by atoms with Gasteiger partial charge in [0, 0.05) is 25.6 Å². The molecule has 2 rings (SSSR count).